The number of nitrogens with zero attached hydrogens (tertiary/aromatic N) is 2. The van der Waals surface area contributed by atoms with Crippen LogP contribution >= 0.6 is 11.3 Å². The van der Waals surface area contributed by atoms with E-state index in [2.05, 4.69) is 0 Å². The molecule has 2 amide bonds. The molecule has 0 unspecified atom stereocenters. The Kier molecular flexibility index (Phi) is 6.53. The second-order valence-electron chi connectivity index (χ2n) is 6.85. The van der Waals surface area contributed by atoms with Crippen molar-refractivity contribution in [3.05, 3.63) is 40.6 Å². The molecule has 3 rings (SSSR count). The number of amides is 2. The first-order chi connectivity index (χ1) is 13.4. The molecule has 2 N–H and O–H groups in total. The largest absolute Gasteiger partial charge is 0.486 e. The Balaban J connectivity index is 1.86. The van der Waals surface area contributed by atoms with Crippen LogP contribution in [-0.4, -0.2) is 49.1 Å². The number of rotatable bonds is 8. The van der Waals surface area contributed by atoms with Gasteiger partial charge in [-0.05, 0) is 37.4 Å². The number of hydrogen-bond acceptors (Lipinski definition) is 6. The number of ether oxygens (including phenoxy) is 2. The Hall–Kier alpha value is -2.58. The fraction of sp³-hybridized carbons (Fsp3) is 0.400. The molecule has 1 aliphatic heterocycles. The number of fused-ring (bicyclic) bond motifs is 1. The Morgan fingerprint density at radius 3 is 2.54 bits per heavy atom. The molecule has 28 heavy (non-hydrogen) atoms. The summed E-state index contributed by atoms with van der Waals surface area (Å²) in [6.07, 6.45) is 0. The molecule has 8 heteroatoms. The van der Waals surface area contributed by atoms with E-state index in [-0.39, 0.29) is 25.0 Å². The molecule has 0 atom stereocenters. The summed E-state index contributed by atoms with van der Waals surface area (Å²) in [4.78, 5) is 29.1. The van der Waals surface area contributed by atoms with Gasteiger partial charge in [-0.15, -0.1) is 11.3 Å². The van der Waals surface area contributed by atoms with Crippen LogP contribution in [0, 0.1) is 0 Å². The lowest BCUT2D eigenvalue weighted by atomic mass is 10.2. The maximum absolute atomic E-state index is 13.2. The van der Waals surface area contributed by atoms with Gasteiger partial charge >= 0.3 is 0 Å². The number of nitrogens with two attached hydrogens (primary N) is 1. The fourth-order valence-corrected chi connectivity index (χ4v) is 3.65. The van der Waals surface area contributed by atoms with Crippen molar-refractivity contribution in [1.29, 1.82) is 0 Å². The van der Waals surface area contributed by atoms with Gasteiger partial charge in [0.2, 0.25) is 11.8 Å². The zero-order chi connectivity index (χ0) is 20.1. The van der Waals surface area contributed by atoms with Crippen LogP contribution in [0.3, 0.4) is 0 Å². The van der Waals surface area contributed by atoms with E-state index in [1.807, 2.05) is 49.6 Å². The predicted molar refractivity (Wildman–Crippen MR) is 109 cm³/mol. The Labute approximate surface area is 168 Å². The van der Waals surface area contributed by atoms with Crippen molar-refractivity contribution in [3.8, 4) is 11.5 Å². The number of carbonyl (C=O) groups excluding carboxylic acids is 2. The van der Waals surface area contributed by atoms with Crippen LogP contribution < -0.4 is 20.1 Å². The van der Waals surface area contributed by atoms with Crippen molar-refractivity contribution < 1.29 is 19.1 Å². The van der Waals surface area contributed by atoms with Crippen LogP contribution in [0.15, 0.2) is 35.7 Å². The van der Waals surface area contributed by atoms with Crippen molar-refractivity contribution in [2.45, 2.75) is 26.4 Å². The standard InChI is InChI=1S/C20H25N3O4S/c1-14(2)22(12-19(21)24)13-20(25)23(11-16-4-3-9-28-16)15-5-6-17-18(10-15)27-8-7-26-17/h3-6,9-10,14H,7-8,11-13H2,1-2H3,(H2,21,24). The van der Waals surface area contributed by atoms with E-state index in [1.165, 1.54) is 0 Å². The fourth-order valence-electron chi connectivity index (χ4n) is 2.96. The second kappa shape index (κ2) is 9.07. The Morgan fingerprint density at radius 1 is 1.14 bits per heavy atom. The highest BCUT2D eigenvalue weighted by molar-refractivity contribution is 7.09. The molecule has 1 aromatic carbocycles. The first-order valence-corrected chi connectivity index (χ1v) is 10.1. The molecule has 2 heterocycles. The van der Waals surface area contributed by atoms with Crippen molar-refractivity contribution >= 4 is 28.8 Å². The van der Waals surface area contributed by atoms with Crippen molar-refractivity contribution in [2.75, 3.05) is 31.2 Å². The highest BCUT2D eigenvalue weighted by Gasteiger charge is 2.24. The van der Waals surface area contributed by atoms with Gasteiger partial charge in [0.1, 0.15) is 13.2 Å². The number of benzene rings is 1. The Morgan fingerprint density at radius 2 is 1.89 bits per heavy atom. The molecule has 0 aliphatic carbocycles. The van der Waals surface area contributed by atoms with Gasteiger partial charge in [-0.2, -0.15) is 0 Å². The van der Waals surface area contributed by atoms with Gasteiger partial charge in [0, 0.05) is 22.7 Å². The van der Waals surface area contributed by atoms with Gasteiger partial charge in [0.25, 0.3) is 0 Å². The maximum atomic E-state index is 13.2. The number of carbonyl (C=O) groups is 2. The summed E-state index contributed by atoms with van der Waals surface area (Å²) in [7, 11) is 0. The first kappa shape index (κ1) is 20.2. The summed E-state index contributed by atoms with van der Waals surface area (Å²) in [6, 6.07) is 9.47. The van der Waals surface area contributed by atoms with Gasteiger partial charge in [0.05, 0.1) is 19.6 Å². The lowest BCUT2D eigenvalue weighted by Crippen LogP contribution is -2.46. The monoisotopic (exact) mass is 403 g/mol. The molecule has 0 radical (unpaired) electrons. The molecule has 1 aliphatic rings. The average molecular weight is 404 g/mol. The molecule has 1 aromatic heterocycles. The number of thiophene rings is 1. The minimum Gasteiger partial charge on any atom is -0.486 e. The van der Waals surface area contributed by atoms with Crippen LogP contribution in [0.4, 0.5) is 5.69 Å². The molecule has 0 spiro atoms. The molecule has 0 fully saturated rings. The SMILES string of the molecule is CC(C)N(CC(N)=O)CC(=O)N(Cc1cccs1)c1ccc2c(c1)OCCO2. The summed E-state index contributed by atoms with van der Waals surface area (Å²) in [5.41, 5.74) is 6.07. The third-order valence-corrected chi connectivity index (χ3v) is 5.32. The molecule has 0 saturated heterocycles. The molecular formula is C20H25N3O4S. The predicted octanol–water partition coefficient (Wildman–Crippen LogP) is 2.25. The number of anilines is 1. The van der Waals surface area contributed by atoms with Gasteiger partial charge in [-0.1, -0.05) is 6.07 Å². The summed E-state index contributed by atoms with van der Waals surface area (Å²) in [5, 5.41) is 1.98. The van der Waals surface area contributed by atoms with E-state index in [0.717, 1.165) is 10.6 Å². The van der Waals surface area contributed by atoms with Crippen molar-refractivity contribution in [3.63, 3.8) is 0 Å². The van der Waals surface area contributed by atoms with E-state index in [4.69, 9.17) is 15.2 Å². The van der Waals surface area contributed by atoms with Crippen LogP contribution in [-0.2, 0) is 16.1 Å². The molecular weight excluding hydrogens is 378 g/mol. The van der Waals surface area contributed by atoms with Gasteiger partial charge in [0.15, 0.2) is 11.5 Å². The quantitative estimate of drug-likeness (QED) is 0.731. The minimum atomic E-state index is -0.453. The number of hydrogen-bond donors (Lipinski definition) is 1. The highest BCUT2D eigenvalue weighted by atomic mass is 32.1. The third kappa shape index (κ3) is 5.02. The summed E-state index contributed by atoms with van der Waals surface area (Å²) < 4.78 is 11.2. The minimum absolute atomic E-state index is 0.0142. The van der Waals surface area contributed by atoms with Gasteiger partial charge in [-0.3, -0.25) is 14.5 Å². The molecule has 2 aromatic rings. The molecule has 150 valence electrons. The zero-order valence-corrected chi connectivity index (χ0v) is 16.9. The topological polar surface area (TPSA) is 85.1 Å². The lowest BCUT2D eigenvalue weighted by Gasteiger charge is -2.29. The van der Waals surface area contributed by atoms with E-state index in [1.54, 1.807) is 21.1 Å². The average Bonchev–Trinajstić information content (AvgIpc) is 3.18. The smallest absolute Gasteiger partial charge is 0.241 e. The highest BCUT2D eigenvalue weighted by Crippen LogP contribution is 2.34. The van der Waals surface area contributed by atoms with E-state index >= 15 is 0 Å². The first-order valence-electron chi connectivity index (χ1n) is 9.19. The second-order valence-corrected chi connectivity index (χ2v) is 7.88. The van der Waals surface area contributed by atoms with Crippen molar-refractivity contribution in [2.24, 2.45) is 5.73 Å². The lowest BCUT2D eigenvalue weighted by molar-refractivity contribution is -0.123. The van der Waals surface area contributed by atoms with Gasteiger partial charge in [-0.25, -0.2) is 0 Å². The van der Waals surface area contributed by atoms with Crippen LogP contribution in [0.1, 0.15) is 18.7 Å². The van der Waals surface area contributed by atoms with Crippen molar-refractivity contribution in [1.82, 2.24) is 4.90 Å². The van der Waals surface area contributed by atoms with E-state index < -0.39 is 5.91 Å². The zero-order valence-electron chi connectivity index (χ0n) is 16.1. The summed E-state index contributed by atoms with van der Waals surface area (Å²) in [5.74, 6) is 0.743. The number of primary amides is 1. The third-order valence-electron chi connectivity index (χ3n) is 4.46. The van der Waals surface area contributed by atoms with E-state index in [9.17, 15) is 9.59 Å². The summed E-state index contributed by atoms with van der Waals surface area (Å²) in [6.45, 7) is 5.44. The van der Waals surface area contributed by atoms with Crippen LogP contribution in [0.5, 0.6) is 11.5 Å². The normalized spacial score (nSPS) is 13.0. The van der Waals surface area contributed by atoms with E-state index in [0.29, 0.717) is 31.3 Å². The molecule has 7 nitrogen and oxygen atoms in total. The van der Waals surface area contributed by atoms with Gasteiger partial charge < -0.3 is 20.1 Å². The molecule has 0 saturated carbocycles. The summed E-state index contributed by atoms with van der Waals surface area (Å²) >= 11 is 1.59. The Bertz CT molecular complexity index is 823. The molecule has 0 bridgehead atoms. The van der Waals surface area contributed by atoms with Crippen LogP contribution in [0.2, 0.25) is 0 Å². The maximum Gasteiger partial charge on any atom is 0.241 e. The van der Waals surface area contributed by atoms with Crippen LogP contribution in [0.25, 0.3) is 0 Å².